The molecule has 0 saturated carbocycles. The summed E-state index contributed by atoms with van der Waals surface area (Å²) in [6.45, 7) is 7.90. The van der Waals surface area contributed by atoms with Crippen molar-refractivity contribution in [2.45, 2.75) is 13.8 Å². The van der Waals surface area contributed by atoms with E-state index < -0.39 is 0 Å². The van der Waals surface area contributed by atoms with Crippen LogP contribution in [0.25, 0.3) is 6.08 Å². The first-order valence-corrected chi connectivity index (χ1v) is 6.46. The summed E-state index contributed by atoms with van der Waals surface area (Å²) in [4.78, 5) is 2.10. The summed E-state index contributed by atoms with van der Waals surface area (Å²) in [5, 5.41) is 0. The summed E-state index contributed by atoms with van der Waals surface area (Å²) in [6.07, 6.45) is 10.1. The molecule has 0 amide bonds. The molecule has 0 fully saturated rings. The molecule has 0 spiro atoms. The van der Waals surface area contributed by atoms with Gasteiger partial charge in [0, 0.05) is 19.8 Å². The summed E-state index contributed by atoms with van der Waals surface area (Å²) < 4.78 is 0. The maximum atomic E-state index is 3.68. The zero-order valence-corrected chi connectivity index (χ0v) is 12.4. The van der Waals surface area contributed by atoms with Gasteiger partial charge in [0.05, 0.1) is 0 Å². The largest absolute Gasteiger partial charge is 0.378 e. The van der Waals surface area contributed by atoms with Gasteiger partial charge >= 0.3 is 0 Å². The Hall–Kier alpha value is -2.02. The average molecular weight is 253 g/mol. The van der Waals surface area contributed by atoms with Gasteiger partial charge in [0.25, 0.3) is 0 Å². The lowest BCUT2D eigenvalue weighted by molar-refractivity contribution is 1.13. The average Bonchev–Trinajstić information content (AvgIpc) is 2.42. The molecule has 0 bridgehead atoms. The molecular weight excluding hydrogens is 230 g/mol. The standard InChI is InChI=1S/C18H23N/c1-6-7-8-15(2)16(3)9-10-17-11-13-18(14-12-17)19(4)5/h6-14H,1H2,2-5H3/b8-7-,10-9+,16-15+. The van der Waals surface area contributed by atoms with Crippen molar-refractivity contribution >= 4 is 11.8 Å². The van der Waals surface area contributed by atoms with Gasteiger partial charge in [-0.1, -0.05) is 49.1 Å². The van der Waals surface area contributed by atoms with Gasteiger partial charge in [-0.05, 0) is 42.7 Å². The molecule has 0 heterocycles. The van der Waals surface area contributed by atoms with Gasteiger partial charge in [0.1, 0.15) is 0 Å². The maximum Gasteiger partial charge on any atom is 0.0361 e. The molecule has 0 aliphatic rings. The number of allylic oxidation sites excluding steroid dienone is 6. The van der Waals surface area contributed by atoms with Gasteiger partial charge in [0.2, 0.25) is 0 Å². The van der Waals surface area contributed by atoms with E-state index in [9.17, 15) is 0 Å². The number of anilines is 1. The van der Waals surface area contributed by atoms with Gasteiger partial charge in [0.15, 0.2) is 0 Å². The van der Waals surface area contributed by atoms with Crippen molar-refractivity contribution in [3.05, 3.63) is 71.9 Å². The van der Waals surface area contributed by atoms with Crippen LogP contribution in [0, 0.1) is 0 Å². The van der Waals surface area contributed by atoms with Crippen LogP contribution in [0.3, 0.4) is 0 Å². The summed E-state index contributed by atoms with van der Waals surface area (Å²) in [6, 6.07) is 8.52. The van der Waals surface area contributed by atoms with Crippen LogP contribution >= 0.6 is 0 Å². The van der Waals surface area contributed by atoms with E-state index in [0.29, 0.717) is 0 Å². The first-order valence-electron chi connectivity index (χ1n) is 6.46. The van der Waals surface area contributed by atoms with Gasteiger partial charge in [-0.25, -0.2) is 0 Å². The summed E-state index contributed by atoms with van der Waals surface area (Å²) in [5.74, 6) is 0. The Morgan fingerprint density at radius 2 is 1.58 bits per heavy atom. The Morgan fingerprint density at radius 3 is 2.11 bits per heavy atom. The quantitative estimate of drug-likeness (QED) is 0.678. The van der Waals surface area contributed by atoms with E-state index in [4.69, 9.17) is 0 Å². The number of benzene rings is 1. The third-order valence-corrected chi connectivity index (χ3v) is 3.04. The number of nitrogens with zero attached hydrogens (tertiary/aromatic N) is 1. The first-order chi connectivity index (χ1) is 9.04. The fourth-order valence-electron chi connectivity index (χ4n) is 1.58. The highest BCUT2D eigenvalue weighted by Gasteiger charge is 1.94. The van der Waals surface area contributed by atoms with E-state index in [0.717, 1.165) is 0 Å². The fraction of sp³-hybridized carbons (Fsp3) is 0.222. The molecule has 100 valence electrons. The lowest BCUT2D eigenvalue weighted by Gasteiger charge is -2.11. The second-order valence-corrected chi connectivity index (χ2v) is 4.78. The first kappa shape index (κ1) is 15.0. The van der Waals surface area contributed by atoms with Gasteiger partial charge in [-0.2, -0.15) is 0 Å². The molecule has 0 atom stereocenters. The molecule has 0 aliphatic heterocycles. The predicted octanol–water partition coefficient (Wildman–Crippen LogP) is 4.84. The van der Waals surface area contributed by atoms with E-state index in [-0.39, 0.29) is 0 Å². The second kappa shape index (κ2) is 7.42. The molecule has 1 heteroatoms. The van der Waals surface area contributed by atoms with Crippen LogP contribution in [0.1, 0.15) is 19.4 Å². The van der Waals surface area contributed by atoms with Crippen LogP contribution in [0.2, 0.25) is 0 Å². The smallest absolute Gasteiger partial charge is 0.0361 e. The van der Waals surface area contributed by atoms with Crippen LogP contribution in [0.5, 0.6) is 0 Å². The van der Waals surface area contributed by atoms with Gasteiger partial charge in [-0.15, -0.1) is 0 Å². The van der Waals surface area contributed by atoms with Gasteiger partial charge in [-0.3, -0.25) is 0 Å². The molecule has 0 radical (unpaired) electrons. The summed E-state index contributed by atoms with van der Waals surface area (Å²) in [7, 11) is 4.10. The third-order valence-electron chi connectivity index (χ3n) is 3.04. The molecule has 1 aromatic carbocycles. The minimum absolute atomic E-state index is 1.21. The normalized spacial score (nSPS) is 12.8. The van der Waals surface area contributed by atoms with Crippen molar-refractivity contribution in [3.8, 4) is 0 Å². The van der Waals surface area contributed by atoms with Crippen LogP contribution in [-0.4, -0.2) is 14.1 Å². The fourth-order valence-corrected chi connectivity index (χ4v) is 1.58. The molecule has 1 rings (SSSR count). The van der Waals surface area contributed by atoms with Crippen molar-refractivity contribution in [1.29, 1.82) is 0 Å². The van der Waals surface area contributed by atoms with Crippen molar-refractivity contribution in [2.24, 2.45) is 0 Å². The van der Waals surface area contributed by atoms with E-state index >= 15 is 0 Å². The summed E-state index contributed by atoms with van der Waals surface area (Å²) in [5.41, 5.74) is 4.94. The Bertz CT molecular complexity index is 499. The SMILES string of the molecule is C=C\C=C/C(C)=C(C)/C=C/c1ccc(N(C)C)cc1. The van der Waals surface area contributed by atoms with Crippen molar-refractivity contribution < 1.29 is 0 Å². The van der Waals surface area contributed by atoms with Crippen molar-refractivity contribution in [1.82, 2.24) is 0 Å². The minimum atomic E-state index is 1.21. The lowest BCUT2D eigenvalue weighted by atomic mass is 10.1. The number of hydrogen-bond acceptors (Lipinski definition) is 1. The molecule has 1 nitrogen and oxygen atoms in total. The lowest BCUT2D eigenvalue weighted by Crippen LogP contribution is -2.07. The molecule has 0 N–H and O–H groups in total. The van der Waals surface area contributed by atoms with Crippen LogP contribution in [0.15, 0.2) is 66.3 Å². The zero-order valence-electron chi connectivity index (χ0n) is 12.4. The highest BCUT2D eigenvalue weighted by molar-refractivity contribution is 5.57. The van der Waals surface area contributed by atoms with E-state index in [2.05, 4.69) is 67.8 Å². The molecule has 0 unspecified atom stereocenters. The van der Waals surface area contributed by atoms with Crippen molar-refractivity contribution in [2.75, 3.05) is 19.0 Å². The Balaban J connectivity index is 2.81. The van der Waals surface area contributed by atoms with E-state index in [1.165, 1.54) is 22.4 Å². The molecular formula is C18H23N. The Morgan fingerprint density at radius 1 is 1.00 bits per heavy atom. The molecule has 1 aromatic rings. The summed E-state index contributed by atoms with van der Waals surface area (Å²) >= 11 is 0. The number of hydrogen-bond donors (Lipinski definition) is 0. The monoisotopic (exact) mass is 253 g/mol. The molecule has 0 saturated heterocycles. The second-order valence-electron chi connectivity index (χ2n) is 4.78. The Kier molecular flexibility index (Phi) is 5.87. The van der Waals surface area contributed by atoms with Crippen LogP contribution in [-0.2, 0) is 0 Å². The van der Waals surface area contributed by atoms with E-state index in [1.54, 1.807) is 6.08 Å². The third kappa shape index (κ3) is 5.01. The van der Waals surface area contributed by atoms with Crippen LogP contribution in [0.4, 0.5) is 5.69 Å². The maximum absolute atomic E-state index is 3.68. The molecule has 19 heavy (non-hydrogen) atoms. The predicted molar refractivity (Wildman–Crippen MR) is 87.5 cm³/mol. The Labute approximate surface area is 117 Å². The van der Waals surface area contributed by atoms with Crippen LogP contribution < -0.4 is 4.90 Å². The van der Waals surface area contributed by atoms with E-state index in [1.807, 2.05) is 20.2 Å². The van der Waals surface area contributed by atoms with Gasteiger partial charge < -0.3 is 4.90 Å². The topological polar surface area (TPSA) is 3.24 Å². The molecule has 0 aliphatic carbocycles. The zero-order chi connectivity index (χ0) is 14.3. The highest BCUT2D eigenvalue weighted by atomic mass is 15.1. The highest BCUT2D eigenvalue weighted by Crippen LogP contribution is 2.15. The van der Waals surface area contributed by atoms with Crippen molar-refractivity contribution in [3.63, 3.8) is 0 Å². The number of rotatable bonds is 5. The molecule has 0 aromatic heterocycles. The minimum Gasteiger partial charge on any atom is -0.378 e.